The molecule has 3 heterocycles. The summed E-state index contributed by atoms with van der Waals surface area (Å²) in [6.45, 7) is 4.73. The number of ether oxygens (including phenoxy) is 1. The molecule has 1 aromatic rings. The molecule has 0 unspecified atom stereocenters. The van der Waals surface area contributed by atoms with Crippen molar-refractivity contribution >= 4 is 35.2 Å². The zero-order valence-corrected chi connectivity index (χ0v) is 17.6. The van der Waals surface area contributed by atoms with Crippen molar-refractivity contribution in [2.75, 3.05) is 37.8 Å². The fourth-order valence-electron chi connectivity index (χ4n) is 4.21. The second kappa shape index (κ2) is 8.37. The van der Waals surface area contributed by atoms with Gasteiger partial charge in [0, 0.05) is 26.1 Å². The number of imide groups is 1. The van der Waals surface area contributed by atoms with E-state index in [4.69, 9.17) is 4.74 Å². The van der Waals surface area contributed by atoms with Gasteiger partial charge in [0.2, 0.25) is 5.91 Å². The van der Waals surface area contributed by atoms with Crippen molar-refractivity contribution in [2.24, 2.45) is 5.10 Å². The third-order valence-corrected chi connectivity index (χ3v) is 5.76. The van der Waals surface area contributed by atoms with E-state index >= 15 is 0 Å². The van der Waals surface area contributed by atoms with E-state index in [1.54, 1.807) is 23.8 Å². The molecule has 0 N–H and O–H groups in total. The molecule has 1 aromatic carbocycles. The highest BCUT2D eigenvalue weighted by Gasteiger charge is 2.49. The number of hydrazone groups is 1. The molecule has 2 saturated heterocycles. The van der Waals surface area contributed by atoms with E-state index in [1.807, 2.05) is 30.3 Å². The molecule has 0 saturated carbocycles. The van der Waals surface area contributed by atoms with Crippen LogP contribution in [0.2, 0.25) is 0 Å². The van der Waals surface area contributed by atoms with Crippen molar-refractivity contribution in [1.82, 2.24) is 14.7 Å². The predicted molar refractivity (Wildman–Crippen MR) is 111 cm³/mol. The van der Waals surface area contributed by atoms with E-state index < -0.39 is 18.1 Å². The van der Waals surface area contributed by atoms with Gasteiger partial charge in [-0.05, 0) is 26.0 Å². The number of para-hydroxylation sites is 1. The van der Waals surface area contributed by atoms with E-state index in [2.05, 4.69) is 5.10 Å². The number of urea groups is 1. The van der Waals surface area contributed by atoms with Gasteiger partial charge in [0.1, 0.15) is 17.8 Å². The Kier molecular flexibility index (Phi) is 5.62. The third-order valence-electron chi connectivity index (χ3n) is 5.76. The molecule has 0 aromatic heterocycles. The lowest BCUT2D eigenvalue weighted by Crippen LogP contribution is -2.57. The molecule has 164 valence electrons. The molecule has 0 spiro atoms. The summed E-state index contributed by atoms with van der Waals surface area (Å²) < 4.78 is 5.07. The molecular weight excluding hydrogens is 402 g/mol. The number of nitrogens with zero attached hydrogens (tertiary/aromatic N) is 5. The first-order valence-corrected chi connectivity index (χ1v) is 10.5. The lowest BCUT2D eigenvalue weighted by molar-refractivity contribution is -0.137. The molecular formula is C21H25N5O5. The smallest absolute Gasteiger partial charge is 0.354 e. The number of esters is 1. The molecule has 3 aliphatic rings. The van der Waals surface area contributed by atoms with Crippen LogP contribution in [0.5, 0.6) is 0 Å². The Labute approximate surface area is 180 Å². The van der Waals surface area contributed by atoms with Gasteiger partial charge in [-0.15, -0.1) is 0 Å². The van der Waals surface area contributed by atoms with Crippen molar-refractivity contribution in [2.45, 2.75) is 32.4 Å². The highest BCUT2D eigenvalue weighted by molar-refractivity contribution is 6.38. The lowest BCUT2D eigenvalue weighted by atomic mass is 10.1. The fourth-order valence-corrected chi connectivity index (χ4v) is 4.21. The summed E-state index contributed by atoms with van der Waals surface area (Å²) >= 11 is 0. The maximum Gasteiger partial charge on any atom is 0.354 e. The third kappa shape index (κ3) is 3.62. The molecule has 2 fully saturated rings. The Morgan fingerprint density at radius 2 is 1.87 bits per heavy atom. The molecule has 0 bridgehead atoms. The maximum atomic E-state index is 13.5. The van der Waals surface area contributed by atoms with Crippen molar-refractivity contribution < 1.29 is 23.9 Å². The first-order chi connectivity index (χ1) is 15.0. The minimum atomic E-state index is -0.720. The molecule has 0 radical (unpaired) electrons. The van der Waals surface area contributed by atoms with Gasteiger partial charge >= 0.3 is 12.0 Å². The number of hydrogen-bond donors (Lipinski definition) is 0. The van der Waals surface area contributed by atoms with Gasteiger partial charge in [-0.2, -0.15) is 5.10 Å². The van der Waals surface area contributed by atoms with E-state index in [-0.39, 0.29) is 43.1 Å². The van der Waals surface area contributed by atoms with Gasteiger partial charge in [0.05, 0.1) is 18.8 Å². The maximum absolute atomic E-state index is 13.5. The molecule has 2 atom stereocenters. The minimum absolute atomic E-state index is 0.116. The van der Waals surface area contributed by atoms with Crippen molar-refractivity contribution in [3.8, 4) is 0 Å². The molecule has 3 aliphatic heterocycles. The number of likely N-dealkylation sites (N-methyl/N-ethyl adjacent to an activating group) is 1. The number of fused-ring (bicyclic) bond motifs is 1. The SMILES string of the molecule is CCOC(=O)C1=NN(c2ccccc2)[C@H](C(=O)N2CCN3C(=O)N(CC)C(=O)[C@H]3C2)C1. The Hall–Kier alpha value is -3.43. The van der Waals surface area contributed by atoms with Crippen LogP contribution < -0.4 is 5.01 Å². The van der Waals surface area contributed by atoms with Crippen LogP contribution in [0, 0.1) is 0 Å². The van der Waals surface area contributed by atoms with Crippen LogP contribution in [-0.2, 0) is 19.1 Å². The van der Waals surface area contributed by atoms with E-state index in [9.17, 15) is 19.2 Å². The Morgan fingerprint density at radius 3 is 2.55 bits per heavy atom. The number of rotatable bonds is 5. The van der Waals surface area contributed by atoms with Crippen LogP contribution in [0.4, 0.5) is 10.5 Å². The van der Waals surface area contributed by atoms with Gasteiger partial charge in [0.25, 0.3) is 5.91 Å². The van der Waals surface area contributed by atoms with Crippen molar-refractivity contribution in [1.29, 1.82) is 0 Å². The molecule has 10 heteroatoms. The van der Waals surface area contributed by atoms with Crippen LogP contribution in [0.1, 0.15) is 20.3 Å². The minimum Gasteiger partial charge on any atom is -0.461 e. The fraction of sp³-hybridized carbons (Fsp3) is 0.476. The lowest BCUT2D eigenvalue weighted by Gasteiger charge is -2.37. The molecule has 4 rings (SSSR count). The largest absolute Gasteiger partial charge is 0.461 e. The van der Waals surface area contributed by atoms with Crippen molar-refractivity contribution in [3.63, 3.8) is 0 Å². The van der Waals surface area contributed by atoms with Gasteiger partial charge in [0.15, 0.2) is 0 Å². The molecule has 4 amide bonds. The van der Waals surface area contributed by atoms with E-state index in [1.165, 1.54) is 9.80 Å². The summed E-state index contributed by atoms with van der Waals surface area (Å²) in [4.78, 5) is 55.1. The van der Waals surface area contributed by atoms with E-state index in [0.29, 0.717) is 25.3 Å². The first kappa shape index (κ1) is 20.8. The number of anilines is 1. The highest BCUT2D eigenvalue weighted by atomic mass is 16.5. The van der Waals surface area contributed by atoms with Gasteiger partial charge in [-0.1, -0.05) is 18.2 Å². The zero-order valence-electron chi connectivity index (χ0n) is 17.6. The number of amides is 4. The monoisotopic (exact) mass is 427 g/mol. The van der Waals surface area contributed by atoms with Crippen molar-refractivity contribution in [3.05, 3.63) is 30.3 Å². The average Bonchev–Trinajstić information content (AvgIpc) is 3.34. The Bertz CT molecular complexity index is 933. The molecule has 0 aliphatic carbocycles. The number of hydrogen-bond acceptors (Lipinski definition) is 7. The number of carbonyl (C=O) groups is 4. The van der Waals surface area contributed by atoms with Gasteiger partial charge in [-0.3, -0.25) is 19.5 Å². The Morgan fingerprint density at radius 1 is 1.13 bits per heavy atom. The van der Waals surface area contributed by atoms with Crippen LogP contribution in [0.25, 0.3) is 0 Å². The summed E-state index contributed by atoms with van der Waals surface area (Å²) in [5, 5.41) is 5.92. The standard InChI is InChI=1S/C21H25N5O5/c1-3-24-19(28)17-13-23(10-11-25(17)21(24)30)18(27)16-12-15(20(29)31-4-2)22-26(16)14-8-6-5-7-9-14/h5-9,16-17H,3-4,10-13H2,1-2H3/t16-,17+/m0/s1. The van der Waals surface area contributed by atoms with Crippen LogP contribution in [0.15, 0.2) is 35.4 Å². The van der Waals surface area contributed by atoms with Gasteiger partial charge < -0.3 is 14.5 Å². The average molecular weight is 427 g/mol. The topological polar surface area (TPSA) is 103 Å². The second-order valence-electron chi connectivity index (χ2n) is 7.53. The summed E-state index contributed by atoms with van der Waals surface area (Å²) in [7, 11) is 0. The first-order valence-electron chi connectivity index (χ1n) is 10.5. The van der Waals surface area contributed by atoms with Crippen LogP contribution >= 0.6 is 0 Å². The molecule has 31 heavy (non-hydrogen) atoms. The quantitative estimate of drug-likeness (QED) is 0.506. The number of piperazine rings is 1. The zero-order chi connectivity index (χ0) is 22.1. The summed E-state index contributed by atoms with van der Waals surface area (Å²) in [5.41, 5.74) is 0.870. The summed E-state index contributed by atoms with van der Waals surface area (Å²) in [6, 6.07) is 7.45. The summed E-state index contributed by atoms with van der Waals surface area (Å²) in [5.74, 6) is -1.06. The normalized spacial score (nSPS) is 23.2. The second-order valence-corrected chi connectivity index (χ2v) is 7.53. The van der Waals surface area contributed by atoms with Crippen LogP contribution in [-0.4, -0.2) is 89.1 Å². The predicted octanol–water partition coefficient (Wildman–Crippen LogP) is 0.679. The van der Waals surface area contributed by atoms with Crippen LogP contribution in [0.3, 0.4) is 0 Å². The van der Waals surface area contributed by atoms with Gasteiger partial charge in [-0.25, -0.2) is 9.59 Å². The number of benzene rings is 1. The molecule has 10 nitrogen and oxygen atoms in total. The Balaban J connectivity index is 1.55. The highest BCUT2D eigenvalue weighted by Crippen LogP contribution is 2.28. The summed E-state index contributed by atoms with van der Waals surface area (Å²) in [6.07, 6.45) is 0.116. The van der Waals surface area contributed by atoms with E-state index in [0.717, 1.165) is 0 Å². The number of carbonyl (C=O) groups excluding carboxylic acids is 4.